The summed E-state index contributed by atoms with van der Waals surface area (Å²) in [7, 11) is 0. The Morgan fingerprint density at radius 2 is 1.75 bits per heavy atom. The zero-order chi connectivity index (χ0) is 19.3. The van der Waals surface area contributed by atoms with E-state index in [1.165, 1.54) is 4.57 Å². The molecule has 0 aliphatic rings. The molecule has 0 amide bonds. The van der Waals surface area contributed by atoms with E-state index in [4.69, 9.17) is 0 Å². The molecule has 7 nitrogen and oxygen atoms in total. The summed E-state index contributed by atoms with van der Waals surface area (Å²) in [5, 5.41) is 5.10. The van der Waals surface area contributed by atoms with Gasteiger partial charge in [-0.15, -0.1) is 0 Å². The van der Waals surface area contributed by atoms with Crippen LogP contribution in [-0.4, -0.2) is 29.1 Å². The van der Waals surface area contributed by atoms with Crippen LogP contribution in [0.4, 0.5) is 0 Å². The van der Waals surface area contributed by atoms with Crippen LogP contribution in [0.2, 0.25) is 0 Å². The molecule has 0 aliphatic heterocycles. The summed E-state index contributed by atoms with van der Waals surface area (Å²) in [4.78, 5) is 25.8. The molecule has 136 valence electrons. The topological polar surface area (TPSA) is 78.0 Å². The average molecular weight is 433 g/mol. The van der Waals surface area contributed by atoms with Crippen molar-refractivity contribution in [1.82, 2.24) is 29.1 Å². The minimum absolute atomic E-state index is 0.239. The predicted molar refractivity (Wildman–Crippen MR) is 110 cm³/mol. The van der Waals surface area contributed by atoms with E-state index < -0.39 is 0 Å². The quantitative estimate of drug-likeness (QED) is 0.426. The van der Waals surface area contributed by atoms with Crippen molar-refractivity contribution in [2.24, 2.45) is 0 Å². The first-order valence-electron chi connectivity index (χ1n) is 8.56. The molecule has 5 aromatic rings. The van der Waals surface area contributed by atoms with Gasteiger partial charge in [-0.3, -0.25) is 9.36 Å². The Labute approximate surface area is 167 Å². The molecule has 5 rings (SSSR count). The molecule has 0 atom stereocenters. The number of pyridine rings is 1. The number of hydrogen-bond donors (Lipinski definition) is 0. The minimum Gasteiger partial charge on any atom is -0.268 e. The van der Waals surface area contributed by atoms with E-state index >= 15 is 0 Å². The highest BCUT2D eigenvalue weighted by molar-refractivity contribution is 9.10. The molecule has 28 heavy (non-hydrogen) atoms. The van der Waals surface area contributed by atoms with Gasteiger partial charge in [-0.2, -0.15) is 5.10 Å². The van der Waals surface area contributed by atoms with E-state index in [1.807, 2.05) is 37.3 Å². The zero-order valence-electron chi connectivity index (χ0n) is 14.7. The van der Waals surface area contributed by atoms with Gasteiger partial charge in [0.2, 0.25) is 5.95 Å². The van der Waals surface area contributed by atoms with E-state index in [-0.39, 0.29) is 5.56 Å². The van der Waals surface area contributed by atoms with Gasteiger partial charge >= 0.3 is 0 Å². The summed E-state index contributed by atoms with van der Waals surface area (Å²) in [5.41, 5.74) is 3.97. The Hall–Kier alpha value is -3.39. The largest absolute Gasteiger partial charge is 0.268 e. The second kappa shape index (κ2) is 6.35. The monoisotopic (exact) mass is 432 g/mol. The molecular formula is C20H13BrN6O. The molecular weight excluding hydrogens is 420 g/mol. The second-order valence-electron chi connectivity index (χ2n) is 6.30. The summed E-state index contributed by atoms with van der Waals surface area (Å²) in [6, 6.07) is 11.5. The van der Waals surface area contributed by atoms with Crippen molar-refractivity contribution >= 4 is 32.5 Å². The Morgan fingerprint density at radius 3 is 2.50 bits per heavy atom. The lowest BCUT2D eigenvalue weighted by atomic mass is 10.1. The first-order chi connectivity index (χ1) is 13.6. The van der Waals surface area contributed by atoms with Gasteiger partial charge in [-0.25, -0.2) is 19.5 Å². The highest BCUT2D eigenvalue weighted by atomic mass is 79.9. The molecule has 0 spiro atoms. The summed E-state index contributed by atoms with van der Waals surface area (Å²) < 4.78 is 4.13. The number of aromatic nitrogens is 6. The molecule has 0 unspecified atom stereocenters. The molecule has 8 heteroatoms. The van der Waals surface area contributed by atoms with Gasteiger partial charge in [0.05, 0.1) is 16.6 Å². The van der Waals surface area contributed by atoms with Crippen LogP contribution in [0.25, 0.3) is 33.6 Å². The van der Waals surface area contributed by atoms with Crippen LogP contribution in [0, 0.1) is 6.92 Å². The van der Waals surface area contributed by atoms with E-state index in [9.17, 15) is 4.79 Å². The molecule has 0 bridgehead atoms. The van der Waals surface area contributed by atoms with Crippen molar-refractivity contribution < 1.29 is 0 Å². The predicted octanol–water partition coefficient (Wildman–Crippen LogP) is 3.56. The van der Waals surface area contributed by atoms with Crippen molar-refractivity contribution in [3.63, 3.8) is 0 Å². The van der Waals surface area contributed by atoms with E-state index in [0.717, 1.165) is 21.3 Å². The summed E-state index contributed by atoms with van der Waals surface area (Å²) in [5.74, 6) is 0.321. The second-order valence-corrected chi connectivity index (χ2v) is 7.22. The third-order valence-electron chi connectivity index (χ3n) is 4.59. The van der Waals surface area contributed by atoms with Crippen molar-refractivity contribution in [2.45, 2.75) is 6.92 Å². The van der Waals surface area contributed by atoms with E-state index in [1.54, 1.807) is 35.4 Å². The van der Waals surface area contributed by atoms with Crippen molar-refractivity contribution in [1.29, 1.82) is 0 Å². The lowest BCUT2D eigenvalue weighted by molar-refractivity contribution is 0.886. The number of rotatable bonds is 2. The lowest BCUT2D eigenvalue weighted by Crippen LogP contribution is -2.20. The maximum atomic E-state index is 13.0. The highest BCUT2D eigenvalue weighted by Gasteiger charge is 2.16. The standard InChI is InChI=1S/C20H13BrN6O/c1-12-17(13-3-5-14(21)6-4-13)18-24-11-15-16(27(18)25-12)7-10-26(19(15)28)20-22-8-2-9-23-20/h2-11H,1H3. The molecule has 0 radical (unpaired) electrons. The maximum Gasteiger partial charge on any atom is 0.268 e. The zero-order valence-corrected chi connectivity index (χ0v) is 16.3. The van der Waals surface area contributed by atoms with Crippen LogP contribution in [0.5, 0.6) is 0 Å². The van der Waals surface area contributed by atoms with Crippen molar-refractivity contribution in [2.75, 3.05) is 0 Å². The van der Waals surface area contributed by atoms with Gasteiger partial charge in [0.25, 0.3) is 5.56 Å². The van der Waals surface area contributed by atoms with Crippen LogP contribution in [0.15, 0.2) is 70.5 Å². The highest BCUT2D eigenvalue weighted by Crippen LogP contribution is 2.29. The van der Waals surface area contributed by atoms with Crippen LogP contribution in [0.1, 0.15) is 5.69 Å². The van der Waals surface area contributed by atoms with Gasteiger partial charge in [-0.05, 0) is 36.8 Å². The molecule has 0 fully saturated rings. The molecule has 0 N–H and O–H groups in total. The van der Waals surface area contributed by atoms with Gasteiger partial charge in [-0.1, -0.05) is 28.1 Å². The van der Waals surface area contributed by atoms with Crippen LogP contribution in [-0.2, 0) is 0 Å². The van der Waals surface area contributed by atoms with Gasteiger partial charge in [0.1, 0.15) is 0 Å². The first kappa shape index (κ1) is 16.8. The fourth-order valence-electron chi connectivity index (χ4n) is 3.30. The average Bonchev–Trinajstić information content (AvgIpc) is 3.06. The smallest absolute Gasteiger partial charge is 0.268 e. The summed E-state index contributed by atoms with van der Waals surface area (Å²) in [6.07, 6.45) is 6.45. The minimum atomic E-state index is -0.239. The Morgan fingerprint density at radius 1 is 1.00 bits per heavy atom. The number of aryl methyl sites for hydroxylation is 1. The Bertz CT molecular complexity index is 1390. The maximum absolute atomic E-state index is 13.0. The number of benzene rings is 1. The number of nitrogens with zero attached hydrogens (tertiary/aromatic N) is 6. The van der Waals surface area contributed by atoms with Crippen molar-refractivity contribution in [3.8, 4) is 17.1 Å². The molecule has 4 aromatic heterocycles. The van der Waals surface area contributed by atoms with Crippen LogP contribution >= 0.6 is 15.9 Å². The van der Waals surface area contributed by atoms with E-state index in [2.05, 4.69) is 36.0 Å². The molecule has 0 aliphatic carbocycles. The third kappa shape index (κ3) is 2.53. The summed E-state index contributed by atoms with van der Waals surface area (Å²) >= 11 is 3.46. The van der Waals surface area contributed by atoms with Gasteiger partial charge < -0.3 is 0 Å². The molecule has 0 saturated heterocycles. The Balaban J connectivity index is 1.78. The lowest BCUT2D eigenvalue weighted by Gasteiger charge is -2.06. The Kier molecular flexibility index (Phi) is 3.80. The number of hydrogen-bond acceptors (Lipinski definition) is 5. The van der Waals surface area contributed by atoms with Crippen molar-refractivity contribution in [3.05, 3.63) is 81.7 Å². The number of fused-ring (bicyclic) bond motifs is 3. The van der Waals surface area contributed by atoms with Crippen LogP contribution in [0.3, 0.4) is 0 Å². The van der Waals surface area contributed by atoms with Gasteiger partial charge in [0, 0.05) is 34.8 Å². The SMILES string of the molecule is Cc1nn2c(ncc3c(=O)n(-c4ncccn4)ccc32)c1-c1ccc(Br)cc1. The normalized spacial score (nSPS) is 11.4. The third-order valence-corrected chi connectivity index (χ3v) is 5.12. The molecule has 0 saturated carbocycles. The van der Waals surface area contributed by atoms with Gasteiger partial charge in [0.15, 0.2) is 5.65 Å². The fourth-order valence-corrected chi connectivity index (χ4v) is 3.57. The molecule has 4 heterocycles. The fraction of sp³-hybridized carbons (Fsp3) is 0.0500. The number of halogens is 1. The summed E-state index contributed by atoms with van der Waals surface area (Å²) in [6.45, 7) is 1.94. The molecule has 1 aromatic carbocycles. The first-order valence-corrected chi connectivity index (χ1v) is 9.36. The van der Waals surface area contributed by atoms with E-state index in [0.29, 0.717) is 22.5 Å². The van der Waals surface area contributed by atoms with Crippen LogP contribution < -0.4 is 5.56 Å².